The molecular weight excluding hydrogens is 312 g/mol. The first-order valence-corrected chi connectivity index (χ1v) is 7.33. The van der Waals surface area contributed by atoms with Crippen molar-refractivity contribution in [2.45, 2.75) is 24.4 Å². The van der Waals surface area contributed by atoms with Crippen LogP contribution in [0.1, 0.15) is 23.3 Å². The predicted octanol–water partition coefficient (Wildman–Crippen LogP) is 3.49. The summed E-state index contributed by atoms with van der Waals surface area (Å²) in [5.74, 6) is -3.03. The van der Waals surface area contributed by atoms with Crippen LogP contribution < -0.4 is 0 Å². The van der Waals surface area contributed by atoms with Gasteiger partial charge in [0.2, 0.25) is 0 Å². The maximum Gasteiger partial charge on any atom is 0.407 e. The topological polar surface area (TPSA) is 49.8 Å². The Hall–Kier alpha value is -0.920. The Labute approximate surface area is 122 Å². The van der Waals surface area contributed by atoms with E-state index in [0.29, 0.717) is 22.1 Å². The number of nitrogens with zero attached hydrogens (tertiary/aromatic N) is 1. The molecule has 1 aromatic heterocycles. The third-order valence-electron chi connectivity index (χ3n) is 3.88. The molecule has 0 aromatic carbocycles. The van der Waals surface area contributed by atoms with Gasteiger partial charge >= 0.3 is 6.09 Å². The van der Waals surface area contributed by atoms with Crippen molar-refractivity contribution in [2.24, 2.45) is 0 Å². The molecule has 20 heavy (non-hydrogen) atoms. The van der Waals surface area contributed by atoms with Crippen molar-refractivity contribution in [1.82, 2.24) is 4.90 Å². The van der Waals surface area contributed by atoms with Crippen molar-refractivity contribution in [3.8, 4) is 0 Å². The molecule has 3 heterocycles. The van der Waals surface area contributed by atoms with Crippen LogP contribution in [0.15, 0.2) is 6.07 Å². The highest BCUT2D eigenvalue weighted by atomic mass is 35.5. The largest absolute Gasteiger partial charge is 0.465 e. The standard InChI is InChI=1S/C12H12ClF2NO3S/c13-8-5-7-9(20-8)11(19-6-12(7,14)15)1-3-16(4-2-11)10(17)18/h5H,1-4,6H2,(H,17,18). The molecule has 1 fully saturated rings. The summed E-state index contributed by atoms with van der Waals surface area (Å²) in [6.07, 6.45) is -0.247. The van der Waals surface area contributed by atoms with Gasteiger partial charge in [-0.2, -0.15) is 8.78 Å². The molecule has 0 atom stereocenters. The lowest BCUT2D eigenvalue weighted by Crippen LogP contribution is -2.49. The summed E-state index contributed by atoms with van der Waals surface area (Å²) in [4.78, 5) is 12.6. The monoisotopic (exact) mass is 323 g/mol. The van der Waals surface area contributed by atoms with Crippen LogP contribution in [0.3, 0.4) is 0 Å². The molecule has 2 aliphatic rings. The van der Waals surface area contributed by atoms with Crippen LogP contribution in [0.2, 0.25) is 4.34 Å². The number of hydrogen-bond donors (Lipinski definition) is 1. The summed E-state index contributed by atoms with van der Waals surface area (Å²) in [6, 6.07) is 1.30. The lowest BCUT2D eigenvalue weighted by molar-refractivity contribution is -0.180. The van der Waals surface area contributed by atoms with Crippen molar-refractivity contribution >= 4 is 29.0 Å². The van der Waals surface area contributed by atoms with Gasteiger partial charge < -0.3 is 14.7 Å². The average molecular weight is 324 g/mol. The van der Waals surface area contributed by atoms with Gasteiger partial charge in [0, 0.05) is 23.5 Å². The molecule has 1 aromatic rings. The molecule has 1 saturated heterocycles. The van der Waals surface area contributed by atoms with Crippen molar-refractivity contribution in [1.29, 1.82) is 0 Å². The van der Waals surface area contributed by atoms with Crippen LogP contribution >= 0.6 is 22.9 Å². The van der Waals surface area contributed by atoms with Gasteiger partial charge in [-0.1, -0.05) is 11.6 Å². The molecule has 0 unspecified atom stereocenters. The number of rotatable bonds is 0. The van der Waals surface area contributed by atoms with Crippen LogP contribution in [0.4, 0.5) is 13.6 Å². The molecule has 1 amide bonds. The second-order valence-corrected chi connectivity index (χ2v) is 6.73. The van der Waals surface area contributed by atoms with E-state index in [0.717, 1.165) is 11.3 Å². The number of likely N-dealkylation sites (tertiary alicyclic amines) is 1. The highest BCUT2D eigenvalue weighted by Crippen LogP contribution is 2.52. The van der Waals surface area contributed by atoms with E-state index in [1.54, 1.807) is 0 Å². The highest BCUT2D eigenvalue weighted by molar-refractivity contribution is 7.16. The Morgan fingerprint density at radius 1 is 1.45 bits per heavy atom. The van der Waals surface area contributed by atoms with E-state index < -0.39 is 24.2 Å². The molecule has 0 saturated carbocycles. The Balaban J connectivity index is 1.94. The molecule has 8 heteroatoms. The fourth-order valence-corrected chi connectivity index (χ4v) is 4.25. The smallest absolute Gasteiger partial charge is 0.407 e. The number of carboxylic acid groups (broad SMARTS) is 1. The molecule has 0 bridgehead atoms. The SMILES string of the molecule is O=C(O)N1CCC2(CC1)OCC(F)(F)c1cc(Cl)sc12. The zero-order valence-corrected chi connectivity index (χ0v) is 11.9. The number of halogens is 3. The second kappa shape index (κ2) is 4.54. The number of hydrogen-bond acceptors (Lipinski definition) is 3. The minimum absolute atomic E-state index is 0.0671. The normalized spacial score (nSPS) is 23.6. The van der Waals surface area contributed by atoms with Gasteiger partial charge in [-0.15, -0.1) is 11.3 Å². The molecule has 2 aliphatic heterocycles. The lowest BCUT2D eigenvalue weighted by atomic mass is 9.84. The van der Waals surface area contributed by atoms with Gasteiger partial charge in [0.25, 0.3) is 5.92 Å². The van der Waals surface area contributed by atoms with Gasteiger partial charge in [-0.3, -0.25) is 0 Å². The van der Waals surface area contributed by atoms with Crippen molar-refractivity contribution in [3.63, 3.8) is 0 Å². The summed E-state index contributed by atoms with van der Waals surface area (Å²) in [5, 5.41) is 8.95. The summed E-state index contributed by atoms with van der Waals surface area (Å²) in [5.41, 5.74) is -0.886. The third-order valence-corrected chi connectivity index (χ3v) is 5.33. The number of piperidine rings is 1. The number of alkyl halides is 2. The van der Waals surface area contributed by atoms with E-state index in [1.165, 1.54) is 11.0 Å². The van der Waals surface area contributed by atoms with Crippen LogP contribution in [0.25, 0.3) is 0 Å². The van der Waals surface area contributed by atoms with Gasteiger partial charge in [0.15, 0.2) is 0 Å². The van der Waals surface area contributed by atoms with Crippen LogP contribution in [0, 0.1) is 0 Å². The molecule has 1 N–H and O–H groups in total. The number of fused-ring (bicyclic) bond motifs is 2. The van der Waals surface area contributed by atoms with Crippen molar-refractivity contribution < 1.29 is 23.4 Å². The maximum atomic E-state index is 13.9. The Kier molecular flexibility index (Phi) is 3.19. The third kappa shape index (κ3) is 2.08. The first-order chi connectivity index (χ1) is 9.34. The van der Waals surface area contributed by atoms with Crippen molar-refractivity contribution in [2.75, 3.05) is 19.7 Å². The Morgan fingerprint density at radius 2 is 2.10 bits per heavy atom. The number of amides is 1. The van der Waals surface area contributed by atoms with Gasteiger partial charge in [0.1, 0.15) is 12.2 Å². The van der Waals surface area contributed by atoms with Gasteiger partial charge in [-0.25, -0.2) is 4.79 Å². The van der Waals surface area contributed by atoms with Gasteiger partial charge in [0.05, 0.1) is 4.34 Å². The predicted molar refractivity (Wildman–Crippen MR) is 69.7 cm³/mol. The second-order valence-electron chi connectivity index (χ2n) is 5.05. The average Bonchev–Trinajstić information content (AvgIpc) is 2.80. The fourth-order valence-electron chi connectivity index (χ4n) is 2.77. The Bertz CT molecular complexity index is 555. The summed E-state index contributed by atoms with van der Waals surface area (Å²) >= 11 is 6.99. The van der Waals surface area contributed by atoms with E-state index in [2.05, 4.69) is 0 Å². The minimum Gasteiger partial charge on any atom is -0.465 e. The summed E-state index contributed by atoms with van der Waals surface area (Å²) < 4.78 is 33.5. The fraction of sp³-hybridized carbons (Fsp3) is 0.583. The van der Waals surface area contributed by atoms with Gasteiger partial charge in [-0.05, 0) is 18.9 Å². The lowest BCUT2D eigenvalue weighted by Gasteiger charge is -2.44. The minimum atomic E-state index is -3.03. The van der Waals surface area contributed by atoms with E-state index >= 15 is 0 Å². The quantitative estimate of drug-likeness (QED) is 0.795. The molecule has 110 valence electrons. The van der Waals surface area contributed by atoms with Crippen LogP contribution in [-0.4, -0.2) is 35.8 Å². The molecule has 4 nitrogen and oxygen atoms in total. The summed E-state index contributed by atoms with van der Waals surface area (Å²) in [6.45, 7) is -0.133. The molecular formula is C12H12ClF2NO3S. The Morgan fingerprint density at radius 3 is 2.70 bits per heavy atom. The van der Waals surface area contributed by atoms with E-state index in [1.807, 2.05) is 0 Å². The van der Waals surface area contributed by atoms with Crippen LogP contribution in [0.5, 0.6) is 0 Å². The zero-order chi connectivity index (χ0) is 14.5. The summed E-state index contributed by atoms with van der Waals surface area (Å²) in [7, 11) is 0. The molecule has 0 aliphatic carbocycles. The first-order valence-electron chi connectivity index (χ1n) is 6.14. The number of carbonyl (C=O) groups is 1. The zero-order valence-electron chi connectivity index (χ0n) is 10.4. The molecule has 3 rings (SSSR count). The van der Waals surface area contributed by atoms with Crippen molar-refractivity contribution in [3.05, 3.63) is 20.8 Å². The first kappa shape index (κ1) is 14.0. The molecule has 1 spiro atoms. The van der Waals surface area contributed by atoms with E-state index in [4.69, 9.17) is 21.4 Å². The highest BCUT2D eigenvalue weighted by Gasteiger charge is 2.51. The molecule has 0 radical (unpaired) electrons. The van der Waals surface area contributed by atoms with Crippen LogP contribution in [-0.2, 0) is 16.3 Å². The maximum absolute atomic E-state index is 13.9. The van der Waals surface area contributed by atoms with E-state index in [-0.39, 0.29) is 18.7 Å². The van der Waals surface area contributed by atoms with E-state index in [9.17, 15) is 13.6 Å². The number of ether oxygens (including phenoxy) is 1. The number of thiophene rings is 1.